The van der Waals surface area contributed by atoms with Crippen LogP contribution in [0.25, 0.3) is 0 Å². The molecule has 1 N–H and O–H groups in total. The molecule has 19 heavy (non-hydrogen) atoms. The minimum Gasteiger partial charge on any atom is -0.493 e. The maximum Gasteiger partial charge on any atom is 0.203 e. The van der Waals surface area contributed by atoms with E-state index in [1.165, 1.54) is 0 Å². The van der Waals surface area contributed by atoms with Crippen molar-refractivity contribution >= 4 is 0 Å². The molecule has 0 aliphatic heterocycles. The molecule has 4 heteroatoms. The highest BCUT2D eigenvalue weighted by molar-refractivity contribution is 5.54. The van der Waals surface area contributed by atoms with E-state index < -0.39 is 0 Å². The van der Waals surface area contributed by atoms with Crippen LogP contribution in [-0.4, -0.2) is 28.4 Å². The molecule has 0 saturated heterocycles. The molecule has 108 valence electrons. The Bertz CT molecular complexity index is 381. The summed E-state index contributed by atoms with van der Waals surface area (Å²) in [5, 5.41) is 3.36. The van der Waals surface area contributed by atoms with Crippen molar-refractivity contribution in [1.29, 1.82) is 0 Å². The number of methoxy groups -OCH3 is 3. The van der Waals surface area contributed by atoms with Crippen molar-refractivity contribution < 1.29 is 14.2 Å². The molecule has 0 saturated carbocycles. The number of ether oxygens (including phenoxy) is 3. The number of rotatable bonds is 7. The van der Waals surface area contributed by atoms with E-state index in [1.54, 1.807) is 21.3 Å². The molecule has 2 unspecified atom stereocenters. The van der Waals surface area contributed by atoms with Crippen LogP contribution in [0.4, 0.5) is 0 Å². The van der Waals surface area contributed by atoms with Crippen LogP contribution in [0.1, 0.15) is 31.9 Å². The first-order valence-corrected chi connectivity index (χ1v) is 6.60. The van der Waals surface area contributed by atoms with Crippen molar-refractivity contribution in [3.05, 3.63) is 17.7 Å². The van der Waals surface area contributed by atoms with E-state index in [0.717, 1.165) is 12.0 Å². The van der Waals surface area contributed by atoms with Gasteiger partial charge in [0.25, 0.3) is 0 Å². The number of hydrogen-bond donors (Lipinski definition) is 1. The largest absolute Gasteiger partial charge is 0.493 e. The van der Waals surface area contributed by atoms with Crippen molar-refractivity contribution in [3.8, 4) is 17.2 Å². The second kappa shape index (κ2) is 7.24. The Morgan fingerprint density at radius 1 is 1.05 bits per heavy atom. The minimum absolute atomic E-state index is 0.263. The van der Waals surface area contributed by atoms with E-state index in [2.05, 4.69) is 19.2 Å². The van der Waals surface area contributed by atoms with Crippen LogP contribution in [0.5, 0.6) is 17.2 Å². The first kappa shape index (κ1) is 15.6. The fourth-order valence-electron chi connectivity index (χ4n) is 2.30. The van der Waals surface area contributed by atoms with Crippen molar-refractivity contribution in [3.63, 3.8) is 0 Å². The van der Waals surface area contributed by atoms with Gasteiger partial charge in [0.05, 0.1) is 21.3 Å². The quantitative estimate of drug-likeness (QED) is 0.824. The van der Waals surface area contributed by atoms with Gasteiger partial charge in [-0.3, -0.25) is 0 Å². The smallest absolute Gasteiger partial charge is 0.203 e. The third-order valence-electron chi connectivity index (χ3n) is 3.57. The Kier molecular flexibility index (Phi) is 5.96. The van der Waals surface area contributed by atoms with Gasteiger partial charge in [-0.05, 0) is 30.7 Å². The first-order valence-electron chi connectivity index (χ1n) is 6.60. The summed E-state index contributed by atoms with van der Waals surface area (Å²) in [4.78, 5) is 0. The summed E-state index contributed by atoms with van der Waals surface area (Å²) in [7, 11) is 6.86. The fraction of sp³-hybridized carbons (Fsp3) is 0.600. The second-order valence-corrected chi connectivity index (χ2v) is 4.61. The van der Waals surface area contributed by atoms with Gasteiger partial charge in [-0.1, -0.05) is 20.3 Å². The van der Waals surface area contributed by atoms with Crippen molar-refractivity contribution in [1.82, 2.24) is 5.32 Å². The van der Waals surface area contributed by atoms with Gasteiger partial charge in [0.15, 0.2) is 11.5 Å². The van der Waals surface area contributed by atoms with E-state index in [1.807, 2.05) is 19.2 Å². The Labute approximate surface area is 116 Å². The topological polar surface area (TPSA) is 39.7 Å². The summed E-state index contributed by atoms with van der Waals surface area (Å²) in [5.74, 6) is 2.54. The summed E-state index contributed by atoms with van der Waals surface area (Å²) in [6.07, 6.45) is 1.10. The molecule has 0 aliphatic carbocycles. The van der Waals surface area contributed by atoms with Crippen LogP contribution in [0.2, 0.25) is 0 Å². The molecule has 0 spiro atoms. The highest BCUT2D eigenvalue weighted by atomic mass is 16.5. The lowest BCUT2D eigenvalue weighted by atomic mass is 9.92. The Balaban J connectivity index is 3.28. The summed E-state index contributed by atoms with van der Waals surface area (Å²) < 4.78 is 16.1. The van der Waals surface area contributed by atoms with E-state index >= 15 is 0 Å². The molecule has 0 radical (unpaired) electrons. The molecular weight excluding hydrogens is 242 g/mol. The SMILES string of the molecule is CCC(C)C(NC)c1cc(OC)c(OC)c(OC)c1. The lowest BCUT2D eigenvalue weighted by Crippen LogP contribution is -2.23. The summed E-state index contributed by atoms with van der Waals surface area (Å²) >= 11 is 0. The van der Waals surface area contributed by atoms with Gasteiger partial charge in [0.2, 0.25) is 5.75 Å². The fourth-order valence-corrected chi connectivity index (χ4v) is 2.30. The average molecular weight is 267 g/mol. The van der Waals surface area contributed by atoms with Gasteiger partial charge in [0, 0.05) is 6.04 Å². The lowest BCUT2D eigenvalue weighted by molar-refractivity contribution is 0.321. The van der Waals surface area contributed by atoms with E-state index in [4.69, 9.17) is 14.2 Å². The van der Waals surface area contributed by atoms with Crippen LogP contribution in [0.15, 0.2) is 12.1 Å². The average Bonchev–Trinajstić information content (AvgIpc) is 2.46. The predicted molar refractivity (Wildman–Crippen MR) is 77.4 cm³/mol. The number of benzene rings is 1. The Morgan fingerprint density at radius 3 is 1.89 bits per heavy atom. The molecule has 1 aromatic carbocycles. The standard InChI is InChI=1S/C15H25NO3/c1-7-10(2)14(16-3)11-8-12(17-4)15(19-6)13(9-11)18-5/h8-10,14,16H,7H2,1-6H3. The zero-order chi connectivity index (χ0) is 14.4. The van der Waals surface area contributed by atoms with Gasteiger partial charge in [-0.15, -0.1) is 0 Å². The zero-order valence-electron chi connectivity index (χ0n) is 12.7. The Hall–Kier alpha value is -1.42. The van der Waals surface area contributed by atoms with Crippen molar-refractivity contribution in [2.24, 2.45) is 5.92 Å². The van der Waals surface area contributed by atoms with Crippen LogP contribution >= 0.6 is 0 Å². The van der Waals surface area contributed by atoms with Gasteiger partial charge < -0.3 is 19.5 Å². The van der Waals surface area contributed by atoms with Gasteiger partial charge in [-0.2, -0.15) is 0 Å². The van der Waals surface area contributed by atoms with Crippen LogP contribution in [-0.2, 0) is 0 Å². The maximum atomic E-state index is 5.39. The molecule has 1 rings (SSSR count). The Morgan fingerprint density at radius 2 is 1.58 bits per heavy atom. The highest BCUT2D eigenvalue weighted by Gasteiger charge is 2.21. The van der Waals surface area contributed by atoms with Crippen molar-refractivity contribution in [2.75, 3.05) is 28.4 Å². The number of nitrogens with one attached hydrogen (secondary N) is 1. The molecule has 0 fully saturated rings. The normalized spacial score (nSPS) is 13.8. The molecule has 0 aromatic heterocycles. The maximum absolute atomic E-state index is 5.39. The molecular formula is C15H25NO3. The molecule has 0 amide bonds. The molecule has 0 heterocycles. The molecule has 0 bridgehead atoms. The monoisotopic (exact) mass is 267 g/mol. The van der Waals surface area contributed by atoms with Gasteiger partial charge in [0.1, 0.15) is 0 Å². The highest BCUT2D eigenvalue weighted by Crippen LogP contribution is 2.40. The predicted octanol–water partition coefficient (Wildman–Crippen LogP) is 3.02. The number of hydrogen-bond acceptors (Lipinski definition) is 4. The van der Waals surface area contributed by atoms with E-state index in [-0.39, 0.29) is 6.04 Å². The first-order chi connectivity index (χ1) is 9.12. The third-order valence-corrected chi connectivity index (χ3v) is 3.57. The van der Waals surface area contributed by atoms with Crippen LogP contribution in [0, 0.1) is 5.92 Å². The summed E-state index contributed by atoms with van der Waals surface area (Å²) in [5.41, 5.74) is 1.14. The lowest BCUT2D eigenvalue weighted by Gasteiger charge is -2.24. The molecule has 2 atom stereocenters. The molecule has 0 aliphatic rings. The summed E-state index contributed by atoms with van der Waals surface area (Å²) in [6.45, 7) is 4.41. The van der Waals surface area contributed by atoms with E-state index in [0.29, 0.717) is 23.2 Å². The molecule has 4 nitrogen and oxygen atoms in total. The third kappa shape index (κ3) is 3.32. The van der Waals surface area contributed by atoms with Gasteiger partial charge in [-0.25, -0.2) is 0 Å². The van der Waals surface area contributed by atoms with Crippen molar-refractivity contribution in [2.45, 2.75) is 26.3 Å². The van der Waals surface area contributed by atoms with Crippen LogP contribution in [0.3, 0.4) is 0 Å². The van der Waals surface area contributed by atoms with Gasteiger partial charge >= 0.3 is 0 Å². The molecule has 1 aromatic rings. The van der Waals surface area contributed by atoms with E-state index in [9.17, 15) is 0 Å². The zero-order valence-corrected chi connectivity index (χ0v) is 12.7. The minimum atomic E-state index is 0.263. The summed E-state index contributed by atoms with van der Waals surface area (Å²) in [6, 6.07) is 4.28. The second-order valence-electron chi connectivity index (χ2n) is 4.61. The van der Waals surface area contributed by atoms with Crippen LogP contribution < -0.4 is 19.5 Å².